The number of thiazole rings is 1. The minimum Gasteiger partial charge on any atom is -0.493 e. The summed E-state index contributed by atoms with van der Waals surface area (Å²) in [7, 11) is 0. The van der Waals surface area contributed by atoms with Gasteiger partial charge in [0.05, 0.1) is 12.3 Å². The Hall–Kier alpha value is -3.55. The average Bonchev–Trinajstić information content (AvgIpc) is 3.28. The van der Waals surface area contributed by atoms with Crippen molar-refractivity contribution in [3.8, 4) is 16.3 Å². The highest BCUT2D eigenvalue weighted by Crippen LogP contribution is 2.29. The quantitative estimate of drug-likeness (QED) is 0.221. The second-order valence-corrected chi connectivity index (χ2v) is 10.1. The number of carboxylic acids is 1. The van der Waals surface area contributed by atoms with E-state index in [0.29, 0.717) is 26.0 Å². The van der Waals surface area contributed by atoms with E-state index < -0.39 is 12.0 Å². The molecule has 3 aromatic carbocycles. The molecule has 192 valence electrons. The van der Waals surface area contributed by atoms with Crippen molar-refractivity contribution >= 4 is 17.3 Å². The summed E-state index contributed by atoms with van der Waals surface area (Å²) in [4.78, 5) is 18.0. The molecule has 2 N–H and O–H groups in total. The summed E-state index contributed by atoms with van der Waals surface area (Å²) >= 11 is 1.69. The number of carboxylic acid groups (broad SMARTS) is 1. The largest absolute Gasteiger partial charge is 0.493 e. The van der Waals surface area contributed by atoms with Crippen LogP contribution in [0.25, 0.3) is 10.6 Å². The Balaban J connectivity index is 1.35. The van der Waals surface area contributed by atoms with Crippen molar-refractivity contribution in [2.24, 2.45) is 0 Å². The van der Waals surface area contributed by atoms with Crippen molar-refractivity contribution in [3.63, 3.8) is 0 Å². The van der Waals surface area contributed by atoms with Crippen LogP contribution in [0.15, 0.2) is 78.9 Å². The van der Waals surface area contributed by atoms with Crippen molar-refractivity contribution < 1.29 is 19.0 Å². The molecule has 0 fully saturated rings. The number of rotatable bonds is 12. The molecule has 1 heterocycles. The van der Waals surface area contributed by atoms with Gasteiger partial charge in [-0.3, -0.25) is 10.1 Å². The van der Waals surface area contributed by atoms with Crippen LogP contribution < -0.4 is 10.1 Å². The molecule has 7 heteroatoms. The first-order valence-electron chi connectivity index (χ1n) is 12.4. The molecular formula is C30H31FN2O3S. The molecule has 0 aliphatic heterocycles. The van der Waals surface area contributed by atoms with Gasteiger partial charge in [0.2, 0.25) is 0 Å². The highest BCUT2D eigenvalue weighted by Gasteiger charge is 2.27. The number of hydrogen-bond donors (Lipinski definition) is 2. The fourth-order valence-corrected chi connectivity index (χ4v) is 5.30. The van der Waals surface area contributed by atoms with E-state index in [1.165, 1.54) is 17.0 Å². The Morgan fingerprint density at radius 1 is 1.05 bits per heavy atom. The van der Waals surface area contributed by atoms with Gasteiger partial charge in [-0.15, -0.1) is 11.3 Å². The lowest BCUT2D eigenvalue weighted by atomic mass is 9.89. The van der Waals surface area contributed by atoms with Crippen LogP contribution in [0.3, 0.4) is 0 Å². The van der Waals surface area contributed by atoms with E-state index in [9.17, 15) is 14.3 Å². The van der Waals surface area contributed by atoms with Crippen LogP contribution >= 0.6 is 11.3 Å². The molecule has 2 atom stereocenters. The number of aromatic nitrogens is 1. The molecule has 0 saturated carbocycles. The number of nitrogens with one attached hydrogen (secondary N) is 1. The lowest BCUT2D eigenvalue weighted by Crippen LogP contribution is -2.41. The predicted octanol–water partition coefficient (Wildman–Crippen LogP) is 6.62. The standard InChI is InChI=1S/C30H31FN2O3S/c1-3-26(28(30(34)35)32-19-21-9-13-24(31)14-10-21)22-11-15-25(16-12-22)36-18-17-27-20(2)37-29(33-27)23-7-5-4-6-8-23/h4-16,26,28,32H,3,17-19H2,1-2H3,(H,34,35). The van der Waals surface area contributed by atoms with Crippen molar-refractivity contribution in [2.75, 3.05) is 6.61 Å². The molecule has 0 aliphatic carbocycles. The molecule has 0 aliphatic rings. The summed E-state index contributed by atoms with van der Waals surface area (Å²) in [5, 5.41) is 14.0. The molecule has 0 radical (unpaired) electrons. The number of aliphatic carboxylic acids is 1. The molecule has 0 spiro atoms. The topological polar surface area (TPSA) is 71.5 Å². The Bertz CT molecular complexity index is 1290. The molecule has 37 heavy (non-hydrogen) atoms. The van der Waals surface area contributed by atoms with E-state index in [0.717, 1.165) is 33.1 Å². The summed E-state index contributed by atoms with van der Waals surface area (Å²) in [6.07, 6.45) is 1.36. The molecule has 0 bridgehead atoms. The number of hydrogen-bond acceptors (Lipinski definition) is 5. The minimum absolute atomic E-state index is 0.221. The fraction of sp³-hybridized carbons (Fsp3) is 0.267. The van der Waals surface area contributed by atoms with Gasteiger partial charge in [0.1, 0.15) is 22.6 Å². The van der Waals surface area contributed by atoms with E-state index in [1.54, 1.807) is 23.5 Å². The first-order chi connectivity index (χ1) is 17.9. The number of benzene rings is 3. The SMILES string of the molecule is CCC(c1ccc(OCCc2nc(-c3ccccc3)sc2C)cc1)C(NCc1ccc(F)cc1)C(=O)O. The van der Waals surface area contributed by atoms with Crippen LogP contribution in [0, 0.1) is 12.7 Å². The Morgan fingerprint density at radius 3 is 2.41 bits per heavy atom. The van der Waals surface area contributed by atoms with Crippen molar-refractivity contribution in [1.29, 1.82) is 0 Å². The highest BCUT2D eigenvalue weighted by atomic mass is 32.1. The maximum absolute atomic E-state index is 13.2. The molecule has 0 amide bonds. The van der Waals surface area contributed by atoms with Crippen LogP contribution in [-0.2, 0) is 17.8 Å². The van der Waals surface area contributed by atoms with Crippen LogP contribution in [-0.4, -0.2) is 28.7 Å². The zero-order chi connectivity index (χ0) is 26.2. The van der Waals surface area contributed by atoms with Gasteiger partial charge in [0.25, 0.3) is 0 Å². The highest BCUT2D eigenvalue weighted by molar-refractivity contribution is 7.15. The first kappa shape index (κ1) is 26.5. The third-order valence-electron chi connectivity index (χ3n) is 6.38. The monoisotopic (exact) mass is 518 g/mol. The molecule has 4 rings (SSSR count). The predicted molar refractivity (Wildman–Crippen MR) is 146 cm³/mol. The first-order valence-corrected chi connectivity index (χ1v) is 13.2. The summed E-state index contributed by atoms with van der Waals surface area (Å²) < 4.78 is 19.1. The lowest BCUT2D eigenvalue weighted by molar-refractivity contribution is -0.140. The molecule has 5 nitrogen and oxygen atoms in total. The van der Waals surface area contributed by atoms with Crippen LogP contribution in [0.5, 0.6) is 5.75 Å². The second kappa shape index (κ2) is 12.6. The summed E-state index contributed by atoms with van der Waals surface area (Å²) in [6, 6.07) is 23.1. The van der Waals surface area contributed by atoms with Gasteiger partial charge in [0, 0.05) is 29.3 Å². The zero-order valence-electron chi connectivity index (χ0n) is 21.0. The second-order valence-electron chi connectivity index (χ2n) is 8.89. The average molecular weight is 519 g/mol. The minimum atomic E-state index is -0.914. The van der Waals surface area contributed by atoms with Gasteiger partial charge in [0.15, 0.2) is 0 Å². The lowest BCUT2D eigenvalue weighted by Gasteiger charge is -2.24. The van der Waals surface area contributed by atoms with E-state index in [1.807, 2.05) is 49.4 Å². The van der Waals surface area contributed by atoms with Gasteiger partial charge in [-0.25, -0.2) is 9.37 Å². The summed E-state index contributed by atoms with van der Waals surface area (Å²) in [5.74, 6) is -0.712. The Morgan fingerprint density at radius 2 is 1.76 bits per heavy atom. The molecule has 1 aromatic heterocycles. The van der Waals surface area contributed by atoms with E-state index >= 15 is 0 Å². The van der Waals surface area contributed by atoms with Gasteiger partial charge < -0.3 is 9.84 Å². The van der Waals surface area contributed by atoms with Gasteiger partial charge in [-0.1, -0.05) is 61.5 Å². The summed E-state index contributed by atoms with van der Waals surface area (Å²) in [5.41, 5.74) is 3.92. The Kier molecular flexibility index (Phi) is 9.04. The Labute approximate surface area is 221 Å². The van der Waals surface area contributed by atoms with Gasteiger partial charge in [-0.2, -0.15) is 0 Å². The third-order valence-corrected chi connectivity index (χ3v) is 7.44. The number of ether oxygens (including phenoxy) is 1. The molecule has 4 aromatic rings. The molecule has 0 saturated heterocycles. The fourth-order valence-electron chi connectivity index (χ4n) is 4.34. The van der Waals surface area contributed by atoms with Crippen LogP contribution in [0.2, 0.25) is 0 Å². The maximum atomic E-state index is 13.2. The zero-order valence-corrected chi connectivity index (χ0v) is 21.8. The van der Waals surface area contributed by atoms with Crippen molar-refractivity contribution in [2.45, 2.75) is 45.2 Å². The van der Waals surface area contributed by atoms with Gasteiger partial charge in [-0.05, 0) is 48.7 Å². The number of aryl methyl sites for hydroxylation is 1. The van der Waals surface area contributed by atoms with Crippen LogP contribution in [0.1, 0.15) is 41.0 Å². The van der Waals surface area contributed by atoms with Crippen LogP contribution in [0.4, 0.5) is 4.39 Å². The number of carbonyl (C=O) groups is 1. The van der Waals surface area contributed by atoms with E-state index in [2.05, 4.69) is 24.4 Å². The molecule has 2 unspecified atom stereocenters. The smallest absolute Gasteiger partial charge is 0.321 e. The van der Waals surface area contributed by atoms with E-state index in [-0.39, 0.29) is 11.7 Å². The van der Waals surface area contributed by atoms with E-state index in [4.69, 9.17) is 9.72 Å². The number of nitrogens with zero attached hydrogens (tertiary/aromatic N) is 1. The summed E-state index contributed by atoms with van der Waals surface area (Å²) in [6.45, 7) is 4.91. The third kappa shape index (κ3) is 7.02. The molecular weight excluding hydrogens is 487 g/mol. The van der Waals surface area contributed by atoms with Crippen molar-refractivity contribution in [3.05, 3.63) is 106 Å². The van der Waals surface area contributed by atoms with Crippen molar-refractivity contribution in [1.82, 2.24) is 10.3 Å². The maximum Gasteiger partial charge on any atom is 0.321 e. The van der Waals surface area contributed by atoms with Gasteiger partial charge >= 0.3 is 5.97 Å². The normalized spacial score (nSPS) is 12.7. The number of halogens is 1.